The number of aliphatic hydroxyl groups excluding tert-OH is 1. The van der Waals surface area contributed by atoms with Crippen LogP contribution in [0.1, 0.15) is 25.8 Å². The molecule has 5 heteroatoms. The average molecular weight is 276 g/mol. The van der Waals surface area contributed by atoms with E-state index in [2.05, 4.69) is 5.32 Å². The van der Waals surface area contributed by atoms with E-state index in [0.29, 0.717) is 13.0 Å². The first-order valence-electron chi connectivity index (χ1n) is 6.77. The number of benzene rings is 1. The Hall–Kier alpha value is -1.88. The number of anilines is 1. The molecule has 0 saturated heterocycles. The van der Waals surface area contributed by atoms with Crippen LogP contribution in [0.5, 0.6) is 0 Å². The fourth-order valence-corrected chi connectivity index (χ4v) is 2.46. The summed E-state index contributed by atoms with van der Waals surface area (Å²) in [4.78, 5) is 25.8. The molecule has 1 aliphatic heterocycles. The van der Waals surface area contributed by atoms with E-state index < -0.39 is 5.41 Å². The van der Waals surface area contributed by atoms with E-state index in [1.165, 1.54) is 4.90 Å². The molecule has 0 radical (unpaired) electrons. The van der Waals surface area contributed by atoms with Crippen LogP contribution in [0.15, 0.2) is 24.3 Å². The second kappa shape index (κ2) is 5.63. The van der Waals surface area contributed by atoms with Crippen LogP contribution >= 0.6 is 0 Å². The molecule has 5 nitrogen and oxygen atoms in total. The van der Waals surface area contributed by atoms with Gasteiger partial charge < -0.3 is 15.3 Å². The third kappa shape index (κ3) is 2.54. The Labute approximate surface area is 118 Å². The Morgan fingerprint density at radius 2 is 2.05 bits per heavy atom. The van der Waals surface area contributed by atoms with Gasteiger partial charge in [-0.2, -0.15) is 0 Å². The topological polar surface area (TPSA) is 69.6 Å². The molecule has 1 aromatic rings. The van der Waals surface area contributed by atoms with Crippen LogP contribution in [0.4, 0.5) is 5.69 Å². The van der Waals surface area contributed by atoms with Gasteiger partial charge >= 0.3 is 0 Å². The minimum Gasteiger partial charge on any atom is -0.396 e. The highest BCUT2D eigenvalue weighted by Crippen LogP contribution is 2.40. The first-order valence-corrected chi connectivity index (χ1v) is 6.77. The van der Waals surface area contributed by atoms with E-state index >= 15 is 0 Å². The van der Waals surface area contributed by atoms with Gasteiger partial charge in [0.25, 0.3) is 0 Å². The van der Waals surface area contributed by atoms with E-state index in [-0.39, 0.29) is 25.0 Å². The van der Waals surface area contributed by atoms with Crippen molar-refractivity contribution in [2.75, 3.05) is 24.6 Å². The Morgan fingerprint density at radius 1 is 1.35 bits per heavy atom. The average Bonchev–Trinajstić information content (AvgIpc) is 2.61. The van der Waals surface area contributed by atoms with E-state index in [1.54, 1.807) is 0 Å². The number of carbonyl (C=O) groups is 2. The van der Waals surface area contributed by atoms with E-state index in [9.17, 15) is 9.59 Å². The summed E-state index contributed by atoms with van der Waals surface area (Å²) in [5.41, 5.74) is 1.16. The van der Waals surface area contributed by atoms with Crippen LogP contribution in [0.25, 0.3) is 0 Å². The number of nitrogens with zero attached hydrogens (tertiary/aromatic N) is 1. The van der Waals surface area contributed by atoms with Gasteiger partial charge in [0, 0.05) is 18.8 Å². The molecule has 1 aromatic carbocycles. The molecule has 0 atom stereocenters. The zero-order valence-electron chi connectivity index (χ0n) is 11.8. The van der Waals surface area contributed by atoms with Crippen molar-refractivity contribution in [3.05, 3.63) is 29.8 Å². The van der Waals surface area contributed by atoms with Crippen molar-refractivity contribution in [1.82, 2.24) is 5.32 Å². The molecule has 2 amide bonds. The number of aliphatic hydroxyl groups is 1. The summed E-state index contributed by atoms with van der Waals surface area (Å²) >= 11 is 0. The smallest absolute Gasteiger partial charge is 0.240 e. The Balaban J connectivity index is 2.13. The molecule has 0 bridgehead atoms. The number of fused-ring (bicyclic) bond motifs is 1. The van der Waals surface area contributed by atoms with Gasteiger partial charge in [-0.1, -0.05) is 18.2 Å². The largest absolute Gasteiger partial charge is 0.396 e. The molecule has 2 N–H and O–H groups in total. The van der Waals surface area contributed by atoms with E-state index in [0.717, 1.165) is 11.3 Å². The summed E-state index contributed by atoms with van der Waals surface area (Å²) in [6.07, 6.45) is 0.516. The number of carbonyl (C=O) groups excluding carboxylic acids is 2. The zero-order valence-corrected chi connectivity index (χ0v) is 11.8. The quantitative estimate of drug-likeness (QED) is 0.782. The van der Waals surface area contributed by atoms with Gasteiger partial charge in [0.05, 0.1) is 5.41 Å². The fourth-order valence-electron chi connectivity index (χ4n) is 2.46. The van der Waals surface area contributed by atoms with Gasteiger partial charge in [-0.05, 0) is 31.9 Å². The number of para-hydroxylation sites is 1. The van der Waals surface area contributed by atoms with Crippen LogP contribution in [0, 0.1) is 0 Å². The monoisotopic (exact) mass is 276 g/mol. The third-order valence-electron chi connectivity index (χ3n) is 3.61. The third-order valence-corrected chi connectivity index (χ3v) is 3.61. The Kier molecular flexibility index (Phi) is 4.09. The highest BCUT2D eigenvalue weighted by atomic mass is 16.3. The summed E-state index contributed by atoms with van der Waals surface area (Å²) < 4.78 is 0. The van der Waals surface area contributed by atoms with Gasteiger partial charge in [0.15, 0.2) is 0 Å². The minimum atomic E-state index is -0.595. The van der Waals surface area contributed by atoms with Gasteiger partial charge in [-0.25, -0.2) is 0 Å². The molecule has 0 unspecified atom stereocenters. The maximum absolute atomic E-state index is 12.5. The molecular weight excluding hydrogens is 256 g/mol. The maximum Gasteiger partial charge on any atom is 0.240 e. The molecule has 0 aliphatic carbocycles. The van der Waals surface area contributed by atoms with Crippen molar-refractivity contribution in [3.8, 4) is 0 Å². The van der Waals surface area contributed by atoms with Crippen molar-refractivity contribution >= 4 is 17.5 Å². The summed E-state index contributed by atoms with van der Waals surface area (Å²) in [6.45, 7) is 4.22. The van der Waals surface area contributed by atoms with Crippen LogP contribution in [0.3, 0.4) is 0 Å². The lowest BCUT2D eigenvalue weighted by Crippen LogP contribution is -2.43. The van der Waals surface area contributed by atoms with Crippen LogP contribution in [0.2, 0.25) is 0 Å². The number of hydrogen-bond donors (Lipinski definition) is 2. The predicted molar refractivity (Wildman–Crippen MR) is 76.5 cm³/mol. The van der Waals surface area contributed by atoms with Gasteiger partial charge in [-0.15, -0.1) is 0 Å². The molecule has 1 aliphatic rings. The van der Waals surface area contributed by atoms with E-state index in [1.807, 2.05) is 38.1 Å². The highest BCUT2D eigenvalue weighted by molar-refractivity contribution is 6.10. The van der Waals surface area contributed by atoms with Crippen molar-refractivity contribution in [1.29, 1.82) is 0 Å². The number of amides is 2. The first-order chi connectivity index (χ1) is 9.48. The lowest BCUT2D eigenvalue weighted by atomic mass is 9.86. The fraction of sp³-hybridized carbons (Fsp3) is 0.467. The Bertz CT molecular complexity index is 526. The van der Waals surface area contributed by atoms with Crippen molar-refractivity contribution in [2.24, 2.45) is 0 Å². The summed E-state index contributed by atoms with van der Waals surface area (Å²) in [5, 5.41) is 11.4. The first kappa shape index (κ1) is 14.5. The Morgan fingerprint density at radius 3 is 2.75 bits per heavy atom. The summed E-state index contributed by atoms with van der Waals surface area (Å²) in [5.74, 6) is -0.268. The van der Waals surface area contributed by atoms with Gasteiger partial charge in [0.2, 0.25) is 11.8 Å². The second-order valence-electron chi connectivity index (χ2n) is 5.46. The van der Waals surface area contributed by atoms with Crippen LogP contribution in [-0.4, -0.2) is 36.6 Å². The summed E-state index contributed by atoms with van der Waals surface area (Å²) in [6, 6.07) is 7.56. The maximum atomic E-state index is 12.5. The van der Waals surface area contributed by atoms with Crippen molar-refractivity contribution < 1.29 is 14.7 Å². The lowest BCUT2D eigenvalue weighted by Gasteiger charge is -2.20. The molecule has 0 aromatic heterocycles. The number of nitrogens with one attached hydrogen (secondary N) is 1. The van der Waals surface area contributed by atoms with Crippen molar-refractivity contribution in [3.63, 3.8) is 0 Å². The lowest BCUT2D eigenvalue weighted by molar-refractivity contribution is -0.125. The zero-order chi connectivity index (χ0) is 14.8. The molecule has 1 heterocycles. The minimum absolute atomic E-state index is 0.0186. The van der Waals surface area contributed by atoms with Gasteiger partial charge in [0.1, 0.15) is 6.54 Å². The number of hydrogen-bond acceptors (Lipinski definition) is 3. The van der Waals surface area contributed by atoms with Crippen LogP contribution < -0.4 is 10.2 Å². The molecule has 0 spiro atoms. The molecule has 108 valence electrons. The molecule has 0 fully saturated rings. The molecular formula is C15H20N2O3. The van der Waals surface area contributed by atoms with Crippen LogP contribution in [-0.2, 0) is 15.0 Å². The second-order valence-corrected chi connectivity index (χ2v) is 5.46. The van der Waals surface area contributed by atoms with E-state index in [4.69, 9.17) is 5.11 Å². The predicted octanol–water partition coefficient (Wildman–Crippen LogP) is 0.809. The normalized spacial score (nSPS) is 16.1. The van der Waals surface area contributed by atoms with Gasteiger partial charge in [-0.3, -0.25) is 9.59 Å². The summed E-state index contributed by atoms with van der Waals surface area (Å²) in [7, 11) is 0. The molecule has 20 heavy (non-hydrogen) atoms. The van der Waals surface area contributed by atoms with Crippen molar-refractivity contribution in [2.45, 2.75) is 25.7 Å². The molecule has 0 saturated carbocycles. The molecule has 2 rings (SSSR count). The standard InChI is InChI=1S/C15H20N2O3/c1-15(2)11-6-3-4-7-12(11)17(14(15)20)10-13(19)16-8-5-9-18/h3-4,6-7,18H,5,8-10H2,1-2H3,(H,16,19). The highest BCUT2D eigenvalue weighted by Gasteiger charge is 2.43. The number of rotatable bonds is 5. The SMILES string of the molecule is CC1(C)C(=O)N(CC(=O)NCCCO)c2ccccc21.